The molecule has 0 amide bonds. The van der Waals surface area contributed by atoms with E-state index in [9.17, 15) is 18.0 Å². The summed E-state index contributed by atoms with van der Waals surface area (Å²) >= 11 is 2.62. The molecule has 0 unspecified atom stereocenters. The summed E-state index contributed by atoms with van der Waals surface area (Å²) in [6.07, 6.45) is -1.84. The van der Waals surface area contributed by atoms with Crippen LogP contribution in [0.1, 0.15) is 5.69 Å². The van der Waals surface area contributed by atoms with Crippen LogP contribution >= 0.6 is 15.9 Å². The van der Waals surface area contributed by atoms with Crippen molar-refractivity contribution in [1.29, 1.82) is 0 Å². The third-order valence-corrected chi connectivity index (χ3v) is 2.78. The van der Waals surface area contributed by atoms with E-state index >= 15 is 0 Å². The van der Waals surface area contributed by atoms with Gasteiger partial charge in [-0.2, -0.15) is 13.2 Å². The molecule has 0 aliphatic heterocycles. The van der Waals surface area contributed by atoms with Gasteiger partial charge in [-0.05, 0) is 15.9 Å². The molecular weight excluding hydrogens is 291 g/mol. The number of hydrogen-bond acceptors (Lipinski definition) is 2. The Bertz CT molecular complexity index is 613. The number of nitrogens with zero attached hydrogens (tertiary/aromatic N) is 3. The number of fused-ring (bicyclic) bond motifs is 1. The number of halogens is 4. The standard InChI is InChI=1S/C8H5BrF3N3O/c1-14-2-3-15-6(16)4(9)5(8(10,11)12)13-7(14)15/h2-3H,1H3. The zero-order chi connectivity index (χ0) is 12.1. The maximum Gasteiger partial charge on any atom is 0.434 e. The molecule has 0 fully saturated rings. The van der Waals surface area contributed by atoms with Crippen LogP contribution in [0.3, 0.4) is 0 Å². The molecule has 2 aromatic rings. The molecule has 0 bridgehead atoms. The highest BCUT2D eigenvalue weighted by atomic mass is 79.9. The van der Waals surface area contributed by atoms with Crippen molar-refractivity contribution in [3.05, 3.63) is 32.9 Å². The van der Waals surface area contributed by atoms with E-state index in [-0.39, 0.29) is 5.78 Å². The molecule has 0 N–H and O–H groups in total. The van der Waals surface area contributed by atoms with Crippen molar-refractivity contribution >= 4 is 21.7 Å². The second-order valence-electron chi connectivity index (χ2n) is 3.16. The fraction of sp³-hybridized carbons (Fsp3) is 0.250. The van der Waals surface area contributed by atoms with Crippen LogP contribution in [0.2, 0.25) is 0 Å². The second-order valence-corrected chi connectivity index (χ2v) is 3.95. The monoisotopic (exact) mass is 295 g/mol. The highest BCUT2D eigenvalue weighted by molar-refractivity contribution is 9.10. The molecule has 2 heterocycles. The molecule has 0 saturated heterocycles. The Morgan fingerprint density at radius 2 is 2.00 bits per heavy atom. The lowest BCUT2D eigenvalue weighted by molar-refractivity contribution is -0.141. The topological polar surface area (TPSA) is 39.3 Å². The van der Waals surface area contributed by atoms with Crippen LogP contribution in [0.15, 0.2) is 21.7 Å². The zero-order valence-corrected chi connectivity index (χ0v) is 9.50. The molecule has 0 saturated carbocycles. The van der Waals surface area contributed by atoms with Crippen molar-refractivity contribution in [2.75, 3.05) is 0 Å². The van der Waals surface area contributed by atoms with E-state index in [1.54, 1.807) is 0 Å². The molecule has 86 valence electrons. The Morgan fingerprint density at radius 3 is 2.56 bits per heavy atom. The smallest absolute Gasteiger partial charge is 0.320 e. The van der Waals surface area contributed by atoms with Crippen LogP contribution in [-0.4, -0.2) is 14.0 Å². The molecule has 8 heteroatoms. The van der Waals surface area contributed by atoms with Crippen LogP contribution in [0.5, 0.6) is 0 Å². The number of hydrogen-bond donors (Lipinski definition) is 0. The predicted molar refractivity (Wildman–Crippen MR) is 53.1 cm³/mol. The van der Waals surface area contributed by atoms with E-state index in [0.29, 0.717) is 0 Å². The first kappa shape index (κ1) is 11.2. The summed E-state index contributed by atoms with van der Waals surface area (Å²) in [5.41, 5.74) is -1.99. The van der Waals surface area contributed by atoms with E-state index in [0.717, 1.165) is 4.40 Å². The van der Waals surface area contributed by atoms with E-state index in [2.05, 4.69) is 20.9 Å². The number of aromatic nitrogens is 3. The Hall–Kier alpha value is -1.31. The third kappa shape index (κ3) is 1.53. The van der Waals surface area contributed by atoms with Gasteiger partial charge in [0.25, 0.3) is 5.56 Å². The SMILES string of the molecule is Cn1ccn2c(=O)c(Br)c(C(F)(F)F)nc12. The molecule has 16 heavy (non-hydrogen) atoms. The minimum Gasteiger partial charge on any atom is -0.320 e. The molecule has 0 atom stereocenters. The molecule has 4 nitrogen and oxygen atoms in total. The summed E-state index contributed by atoms with van der Waals surface area (Å²) in [5.74, 6) is -0.0551. The van der Waals surface area contributed by atoms with Gasteiger partial charge in [-0.25, -0.2) is 4.98 Å². The molecule has 0 aliphatic carbocycles. The molecule has 0 spiro atoms. The maximum absolute atomic E-state index is 12.5. The first-order chi connectivity index (χ1) is 7.32. The number of alkyl halides is 3. The van der Waals surface area contributed by atoms with Gasteiger partial charge in [0.2, 0.25) is 5.78 Å². The summed E-state index contributed by atoms with van der Waals surface area (Å²) in [4.78, 5) is 15.0. The van der Waals surface area contributed by atoms with E-state index in [1.807, 2.05) is 0 Å². The van der Waals surface area contributed by atoms with Crippen LogP contribution in [0.25, 0.3) is 5.78 Å². The molecule has 2 rings (SSSR count). The Labute approximate surface area is 95.5 Å². The van der Waals surface area contributed by atoms with Gasteiger partial charge in [-0.15, -0.1) is 0 Å². The van der Waals surface area contributed by atoms with Gasteiger partial charge in [-0.1, -0.05) is 0 Å². The maximum atomic E-state index is 12.5. The van der Waals surface area contributed by atoms with Crippen molar-refractivity contribution in [3.8, 4) is 0 Å². The normalized spacial score (nSPS) is 12.3. The number of imidazole rings is 1. The highest BCUT2D eigenvalue weighted by Gasteiger charge is 2.37. The van der Waals surface area contributed by atoms with Crippen molar-refractivity contribution in [2.24, 2.45) is 7.05 Å². The largest absolute Gasteiger partial charge is 0.434 e. The van der Waals surface area contributed by atoms with Gasteiger partial charge in [0.15, 0.2) is 5.69 Å². The third-order valence-electron chi connectivity index (χ3n) is 2.07. The first-order valence-electron chi connectivity index (χ1n) is 4.13. The van der Waals surface area contributed by atoms with Gasteiger partial charge in [0.1, 0.15) is 4.47 Å². The van der Waals surface area contributed by atoms with Gasteiger partial charge in [0.05, 0.1) is 0 Å². The average Bonchev–Trinajstić information content (AvgIpc) is 2.52. The molecule has 0 aromatic carbocycles. The molecule has 0 aliphatic rings. The summed E-state index contributed by atoms with van der Waals surface area (Å²) in [7, 11) is 1.51. The van der Waals surface area contributed by atoms with Gasteiger partial charge < -0.3 is 4.57 Å². The number of aryl methyl sites for hydroxylation is 1. The van der Waals surface area contributed by atoms with E-state index < -0.39 is 21.9 Å². The summed E-state index contributed by atoms with van der Waals surface area (Å²) in [6.45, 7) is 0. The van der Waals surface area contributed by atoms with Gasteiger partial charge >= 0.3 is 6.18 Å². The summed E-state index contributed by atoms with van der Waals surface area (Å²) in [6, 6.07) is 0. The fourth-order valence-electron chi connectivity index (χ4n) is 1.31. The van der Waals surface area contributed by atoms with Crippen LogP contribution in [0, 0.1) is 0 Å². The quantitative estimate of drug-likeness (QED) is 0.744. The summed E-state index contributed by atoms with van der Waals surface area (Å²) < 4.78 is 39.4. The van der Waals surface area contributed by atoms with Crippen LogP contribution in [0.4, 0.5) is 13.2 Å². The predicted octanol–water partition coefficient (Wildman–Crippen LogP) is 1.81. The van der Waals surface area contributed by atoms with Crippen molar-refractivity contribution in [2.45, 2.75) is 6.18 Å². The molecule has 2 aromatic heterocycles. The average molecular weight is 296 g/mol. The fourth-order valence-corrected chi connectivity index (χ4v) is 1.81. The van der Waals surface area contributed by atoms with Crippen LogP contribution in [-0.2, 0) is 13.2 Å². The highest BCUT2D eigenvalue weighted by Crippen LogP contribution is 2.31. The second kappa shape index (κ2) is 3.34. The van der Waals surface area contributed by atoms with E-state index in [4.69, 9.17) is 0 Å². The molecular formula is C8H5BrF3N3O. The van der Waals surface area contributed by atoms with Crippen molar-refractivity contribution in [1.82, 2.24) is 14.0 Å². The lowest BCUT2D eigenvalue weighted by Gasteiger charge is -2.08. The Morgan fingerprint density at radius 1 is 1.38 bits per heavy atom. The molecule has 0 radical (unpaired) electrons. The van der Waals surface area contributed by atoms with Crippen molar-refractivity contribution < 1.29 is 13.2 Å². The minimum atomic E-state index is -4.66. The first-order valence-corrected chi connectivity index (χ1v) is 4.92. The van der Waals surface area contributed by atoms with E-state index in [1.165, 1.54) is 24.0 Å². The lowest BCUT2D eigenvalue weighted by Crippen LogP contribution is -2.22. The Balaban J connectivity index is 2.93. The van der Waals surface area contributed by atoms with Crippen LogP contribution < -0.4 is 5.56 Å². The minimum absolute atomic E-state index is 0.0551. The summed E-state index contributed by atoms with van der Waals surface area (Å²) in [5, 5.41) is 0. The van der Waals surface area contributed by atoms with Crippen molar-refractivity contribution in [3.63, 3.8) is 0 Å². The van der Waals surface area contributed by atoms with Gasteiger partial charge in [0, 0.05) is 19.4 Å². The Kier molecular flexibility index (Phi) is 2.33. The lowest BCUT2D eigenvalue weighted by atomic mass is 10.4. The zero-order valence-electron chi connectivity index (χ0n) is 7.92. The van der Waals surface area contributed by atoms with Gasteiger partial charge in [-0.3, -0.25) is 9.20 Å². The number of rotatable bonds is 0.